The first-order valence-corrected chi connectivity index (χ1v) is 7.73. The molecular formula is C18H21N3O4. The van der Waals surface area contributed by atoms with Gasteiger partial charge in [0.2, 0.25) is 0 Å². The number of benzene rings is 1. The predicted octanol–water partition coefficient (Wildman–Crippen LogP) is 2.28. The van der Waals surface area contributed by atoms with Crippen LogP contribution in [0.15, 0.2) is 35.4 Å². The number of carbonyl (C=O) groups excluding carboxylic acids is 2. The molecular weight excluding hydrogens is 322 g/mol. The van der Waals surface area contributed by atoms with E-state index in [1.54, 1.807) is 52.0 Å². The van der Waals surface area contributed by atoms with E-state index in [0.29, 0.717) is 5.69 Å². The van der Waals surface area contributed by atoms with Crippen molar-refractivity contribution in [3.8, 4) is 12.3 Å². The molecule has 0 unspecified atom stereocenters. The largest absolute Gasteiger partial charge is 0.444 e. The number of terminal acetylenes is 1. The van der Waals surface area contributed by atoms with Crippen molar-refractivity contribution < 1.29 is 19.1 Å². The zero-order chi connectivity index (χ0) is 18.7. The number of hydrogen-bond donors (Lipinski definition) is 1. The molecule has 1 aromatic carbocycles. The lowest BCUT2D eigenvalue weighted by Gasteiger charge is -2.30. The first-order valence-electron chi connectivity index (χ1n) is 7.73. The Bertz CT molecular complexity index is 731. The Balaban J connectivity index is 2.33. The fourth-order valence-corrected chi connectivity index (χ4v) is 2.26. The van der Waals surface area contributed by atoms with E-state index < -0.39 is 23.3 Å². The summed E-state index contributed by atoms with van der Waals surface area (Å²) in [6, 6.07) is 8.81. The summed E-state index contributed by atoms with van der Waals surface area (Å²) in [5.74, 6) is 1.72. The van der Waals surface area contributed by atoms with Gasteiger partial charge in [-0.15, -0.1) is 6.42 Å². The van der Waals surface area contributed by atoms with Gasteiger partial charge in [-0.3, -0.25) is 10.1 Å². The van der Waals surface area contributed by atoms with E-state index in [0.717, 1.165) is 0 Å². The molecule has 1 heterocycles. The van der Waals surface area contributed by atoms with Gasteiger partial charge in [0.15, 0.2) is 0 Å². The lowest BCUT2D eigenvalue weighted by molar-refractivity contribution is -0.135. The number of rotatable bonds is 4. The fraction of sp³-hybridized carbons (Fsp3) is 0.389. The highest BCUT2D eigenvalue weighted by molar-refractivity contribution is 6.22. The number of hydrogen-bond acceptors (Lipinski definition) is 5. The lowest BCUT2D eigenvalue weighted by atomic mass is 10.1. The maximum absolute atomic E-state index is 13.0. The molecule has 0 bridgehead atoms. The third kappa shape index (κ3) is 3.98. The molecule has 0 saturated heterocycles. The summed E-state index contributed by atoms with van der Waals surface area (Å²) < 4.78 is 10.8. The molecule has 25 heavy (non-hydrogen) atoms. The van der Waals surface area contributed by atoms with Gasteiger partial charge in [-0.2, -0.15) is 10.1 Å². The van der Waals surface area contributed by atoms with Crippen LogP contribution in [-0.4, -0.2) is 35.6 Å². The smallest absolute Gasteiger partial charge is 0.410 e. The van der Waals surface area contributed by atoms with E-state index in [-0.39, 0.29) is 12.3 Å². The van der Waals surface area contributed by atoms with Crippen molar-refractivity contribution in [2.24, 2.45) is 5.10 Å². The van der Waals surface area contributed by atoms with Gasteiger partial charge >= 0.3 is 12.0 Å². The van der Waals surface area contributed by atoms with Gasteiger partial charge < -0.3 is 9.47 Å². The third-order valence-corrected chi connectivity index (χ3v) is 3.30. The first kappa shape index (κ1) is 18.5. The molecule has 2 amide bonds. The summed E-state index contributed by atoms with van der Waals surface area (Å²) in [7, 11) is 0. The normalized spacial score (nSPS) is 20.0. The number of anilines is 1. The van der Waals surface area contributed by atoms with Gasteiger partial charge in [-0.1, -0.05) is 24.1 Å². The fourth-order valence-electron chi connectivity index (χ4n) is 2.26. The van der Waals surface area contributed by atoms with Crippen molar-refractivity contribution in [1.82, 2.24) is 5.32 Å². The Morgan fingerprint density at radius 3 is 2.56 bits per heavy atom. The van der Waals surface area contributed by atoms with Crippen LogP contribution in [-0.2, 0) is 14.3 Å². The van der Waals surface area contributed by atoms with Gasteiger partial charge in [0.05, 0.1) is 11.4 Å². The van der Waals surface area contributed by atoms with Crippen molar-refractivity contribution in [2.75, 3.05) is 11.6 Å². The molecule has 0 saturated carbocycles. The number of hydrazone groups is 1. The minimum atomic E-state index is -1.80. The molecule has 0 aliphatic carbocycles. The number of carbonyl (C=O) groups is 2. The van der Waals surface area contributed by atoms with Crippen LogP contribution in [0.2, 0.25) is 0 Å². The third-order valence-electron chi connectivity index (χ3n) is 3.30. The summed E-state index contributed by atoms with van der Waals surface area (Å²) in [5, 5.41) is 7.88. The molecule has 0 aromatic heterocycles. The highest BCUT2D eigenvalue weighted by Crippen LogP contribution is 2.28. The number of para-hydroxylation sites is 1. The minimum Gasteiger partial charge on any atom is -0.444 e. The second kappa shape index (κ2) is 6.95. The molecule has 7 nitrogen and oxygen atoms in total. The highest BCUT2D eigenvalue weighted by Gasteiger charge is 2.53. The Morgan fingerprint density at radius 1 is 1.36 bits per heavy atom. The van der Waals surface area contributed by atoms with Crippen LogP contribution >= 0.6 is 0 Å². The van der Waals surface area contributed by atoms with Crippen LogP contribution in [0.5, 0.6) is 0 Å². The Kier molecular flexibility index (Phi) is 5.14. The summed E-state index contributed by atoms with van der Waals surface area (Å²) in [4.78, 5) is 25.2. The van der Waals surface area contributed by atoms with Gasteiger partial charge in [-0.05, 0) is 39.8 Å². The minimum absolute atomic E-state index is 0.184. The van der Waals surface area contributed by atoms with Gasteiger partial charge in [0.25, 0.3) is 5.72 Å². The van der Waals surface area contributed by atoms with Gasteiger partial charge in [0.1, 0.15) is 12.2 Å². The topological polar surface area (TPSA) is 80.2 Å². The lowest BCUT2D eigenvalue weighted by Crippen LogP contribution is -2.61. The van der Waals surface area contributed by atoms with Crippen molar-refractivity contribution in [3.63, 3.8) is 0 Å². The standard InChI is InChI=1S/C18H21N3O4/c1-6-12-24-18(19-16(23)25-17(3,4)5)13(2)20-21(15(18)22)14-10-8-7-9-11-14/h1,7-11H,12H2,2-5H3,(H,19,23)/t18-/m0/s1. The van der Waals surface area contributed by atoms with E-state index in [4.69, 9.17) is 15.9 Å². The van der Waals surface area contributed by atoms with Crippen LogP contribution in [0.3, 0.4) is 0 Å². The number of amides is 2. The predicted molar refractivity (Wildman–Crippen MR) is 93.9 cm³/mol. The molecule has 1 atom stereocenters. The van der Waals surface area contributed by atoms with Crippen LogP contribution in [0.4, 0.5) is 10.5 Å². The average molecular weight is 343 g/mol. The summed E-state index contributed by atoms with van der Waals surface area (Å²) in [5.41, 5.74) is -1.74. The van der Waals surface area contributed by atoms with Crippen molar-refractivity contribution in [1.29, 1.82) is 0 Å². The summed E-state index contributed by atoms with van der Waals surface area (Å²) in [6.07, 6.45) is 4.45. The molecule has 0 spiro atoms. The molecule has 1 aliphatic heterocycles. The Morgan fingerprint density at radius 2 is 2.00 bits per heavy atom. The molecule has 1 aliphatic rings. The molecule has 0 radical (unpaired) electrons. The molecule has 1 aromatic rings. The Labute approximate surface area is 147 Å². The maximum atomic E-state index is 13.0. The van der Waals surface area contributed by atoms with E-state index >= 15 is 0 Å². The summed E-state index contributed by atoms with van der Waals surface area (Å²) >= 11 is 0. The average Bonchev–Trinajstić information content (AvgIpc) is 2.77. The van der Waals surface area contributed by atoms with E-state index in [2.05, 4.69) is 16.3 Å². The molecule has 0 fully saturated rings. The molecule has 1 N–H and O–H groups in total. The van der Waals surface area contributed by atoms with E-state index in [1.165, 1.54) is 5.01 Å². The second-order valence-electron chi connectivity index (χ2n) is 6.44. The number of nitrogens with zero attached hydrogens (tertiary/aromatic N) is 2. The monoisotopic (exact) mass is 343 g/mol. The van der Waals surface area contributed by atoms with Gasteiger partial charge in [0, 0.05) is 0 Å². The maximum Gasteiger partial charge on any atom is 0.410 e. The SMILES string of the molecule is C#CCO[C@]1(NC(=O)OC(C)(C)C)C(=O)N(c2ccccc2)N=C1C. The number of ether oxygens (including phenoxy) is 2. The zero-order valence-corrected chi connectivity index (χ0v) is 14.7. The second-order valence-corrected chi connectivity index (χ2v) is 6.44. The van der Waals surface area contributed by atoms with Crippen LogP contribution in [0, 0.1) is 12.3 Å². The molecule has 7 heteroatoms. The molecule has 132 valence electrons. The number of nitrogens with one attached hydrogen (secondary N) is 1. The Hall–Kier alpha value is -2.85. The number of alkyl carbamates (subject to hydrolysis) is 1. The zero-order valence-electron chi connectivity index (χ0n) is 14.7. The first-order chi connectivity index (χ1) is 11.7. The van der Waals surface area contributed by atoms with Crippen LogP contribution < -0.4 is 10.3 Å². The van der Waals surface area contributed by atoms with E-state index in [9.17, 15) is 9.59 Å². The van der Waals surface area contributed by atoms with Gasteiger partial charge in [-0.25, -0.2) is 4.79 Å². The van der Waals surface area contributed by atoms with Crippen LogP contribution in [0.1, 0.15) is 27.7 Å². The quantitative estimate of drug-likeness (QED) is 0.672. The van der Waals surface area contributed by atoms with E-state index in [1.807, 2.05) is 6.07 Å². The van der Waals surface area contributed by atoms with Crippen molar-refractivity contribution >= 4 is 23.4 Å². The van der Waals surface area contributed by atoms with Crippen molar-refractivity contribution in [3.05, 3.63) is 30.3 Å². The van der Waals surface area contributed by atoms with Crippen LogP contribution in [0.25, 0.3) is 0 Å². The summed E-state index contributed by atoms with van der Waals surface area (Å²) in [6.45, 7) is 6.55. The molecule has 2 rings (SSSR count). The highest BCUT2D eigenvalue weighted by atomic mass is 16.6. The van der Waals surface area contributed by atoms with Crippen molar-refractivity contribution in [2.45, 2.75) is 39.0 Å².